The number of primary amides is 1. The number of para-hydroxylation sites is 1. The van der Waals surface area contributed by atoms with Crippen molar-refractivity contribution < 1.29 is 4.79 Å². The van der Waals surface area contributed by atoms with Gasteiger partial charge < -0.3 is 10.7 Å². The molecule has 122 valence electrons. The molecule has 3 aromatic rings. The minimum atomic E-state index is -0.374. The number of aromatic amines is 1. The largest absolute Gasteiger partial charge is 0.366 e. The van der Waals surface area contributed by atoms with Gasteiger partial charge in [-0.25, -0.2) is 0 Å². The van der Waals surface area contributed by atoms with Crippen molar-refractivity contribution in [2.75, 3.05) is 6.54 Å². The number of benzene rings is 2. The molecule has 0 fully saturated rings. The lowest BCUT2D eigenvalue weighted by molar-refractivity contribution is 0.1000. The molecular formula is C20H21N3O. The molecule has 0 spiro atoms. The first-order valence-electron chi connectivity index (χ1n) is 8.36. The Labute approximate surface area is 141 Å². The number of carbonyl (C=O) groups is 1. The van der Waals surface area contributed by atoms with Crippen LogP contribution in [0.5, 0.6) is 0 Å². The molecule has 1 aromatic heterocycles. The number of nitrogens with two attached hydrogens (primary N) is 1. The number of carbonyl (C=O) groups excluding carboxylic acids is 1. The highest BCUT2D eigenvalue weighted by Crippen LogP contribution is 2.34. The molecular weight excluding hydrogens is 298 g/mol. The Kier molecular flexibility index (Phi) is 3.62. The maximum atomic E-state index is 11.4. The van der Waals surface area contributed by atoms with Gasteiger partial charge in [0.1, 0.15) is 0 Å². The van der Waals surface area contributed by atoms with Crippen LogP contribution in [-0.2, 0) is 13.0 Å². The van der Waals surface area contributed by atoms with E-state index < -0.39 is 0 Å². The normalized spacial score (nSPS) is 17.8. The molecule has 4 rings (SSSR count). The maximum Gasteiger partial charge on any atom is 0.248 e. The summed E-state index contributed by atoms with van der Waals surface area (Å²) >= 11 is 0. The number of hydrogen-bond donors (Lipinski definition) is 2. The van der Waals surface area contributed by atoms with Crippen molar-refractivity contribution in [3.8, 4) is 0 Å². The minimum Gasteiger partial charge on any atom is -0.366 e. The highest BCUT2D eigenvalue weighted by atomic mass is 16.1. The van der Waals surface area contributed by atoms with Crippen LogP contribution in [0.4, 0.5) is 0 Å². The highest BCUT2D eigenvalue weighted by Gasteiger charge is 2.27. The molecule has 3 N–H and O–H groups in total. The Hall–Kier alpha value is -2.59. The Morgan fingerprint density at radius 1 is 1.25 bits per heavy atom. The van der Waals surface area contributed by atoms with Gasteiger partial charge in [0.05, 0.1) is 0 Å². The molecule has 4 nitrogen and oxygen atoms in total. The van der Waals surface area contributed by atoms with Crippen LogP contribution in [-0.4, -0.2) is 22.3 Å². The summed E-state index contributed by atoms with van der Waals surface area (Å²) < 4.78 is 0. The molecule has 2 heterocycles. The number of nitrogens with zero attached hydrogens (tertiary/aromatic N) is 1. The summed E-state index contributed by atoms with van der Waals surface area (Å²) in [6, 6.07) is 16.4. The van der Waals surface area contributed by atoms with Crippen molar-refractivity contribution in [3.63, 3.8) is 0 Å². The van der Waals surface area contributed by atoms with Crippen molar-refractivity contribution >= 4 is 16.8 Å². The van der Waals surface area contributed by atoms with E-state index in [9.17, 15) is 4.79 Å². The number of rotatable bonds is 3. The summed E-state index contributed by atoms with van der Waals surface area (Å²) in [6.45, 7) is 4.07. The van der Waals surface area contributed by atoms with E-state index in [0.29, 0.717) is 11.6 Å². The van der Waals surface area contributed by atoms with Gasteiger partial charge >= 0.3 is 0 Å². The van der Waals surface area contributed by atoms with E-state index in [1.165, 1.54) is 22.2 Å². The second-order valence-corrected chi connectivity index (χ2v) is 6.52. The van der Waals surface area contributed by atoms with Crippen LogP contribution in [0.15, 0.2) is 48.5 Å². The van der Waals surface area contributed by atoms with Gasteiger partial charge in [-0.3, -0.25) is 9.69 Å². The first kappa shape index (κ1) is 15.0. The molecule has 0 radical (unpaired) electrons. The predicted octanol–water partition coefficient (Wildman–Crippen LogP) is 3.39. The second kappa shape index (κ2) is 5.80. The Bertz CT molecular complexity index is 912. The van der Waals surface area contributed by atoms with Gasteiger partial charge in [0.2, 0.25) is 5.91 Å². The third-order valence-corrected chi connectivity index (χ3v) is 5.06. The van der Waals surface area contributed by atoms with Crippen LogP contribution in [0.2, 0.25) is 0 Å². The number of hydrogen-bond acceptors (Lipinski definition) is 2. The van der Waals surface area contributed by atoms with E-state index in [4.69, 9.17) is 5.73 Å². The minimum absolute atomic E-state index is 0.318. The summed E-state index contributed by atoms with van der Waals surface area (Å²) in [5.74, 6) is -0.374. The lowest BCUT2D eigenvalue weighted by Gasteiger charge is -2.33. The Balaban J connectivity index is 1.62. The van der Waals surface area contributed by atoms with Gasteiger partial charge in [0.15, 0.2) is 0 Å². The fourth-order valence-corrected chi connectivity index (χ4v) is 3.75. The van der Waals surface area contributed by atoms with Crippen molar-refractivity contribution in [1.29, 1.82) is 0 Å². The summed E-state index contributed by atoms with van der Waals surface area (Å²) in [5.41, 5.74) is 11.1. The zero-order valence-corrected chi connectivity index (χ0v) is 13.8. The lowest BCUT2D eigenvalue weighted by atomic mass is 9.97. The topological polar surface area (TPSA) is 62.1 Å². The standard InChI is InChI=1S/C20H21N3O/c1-13-19-17(16-7-2-3-8-18(16)22-19)9-10-23(13)12-14-5-4-6-15(11-14)20(21)24/h2-8,11,13,22H,9-10,12H2,1H3,(H2,21,24). The van der Waals surface area contributed by atoms with Gasteiger partial charge in [0, 0.05) is 41.3 Å². The van der Waals surface area contributed by atoms with Crippen molar-refractivity contribution in [2.45, 2.75) is 25.9 Å². The number of H-pyrrole nitrogens is 1. The van der Waals surface area contributed by atoms with Crippen LogP contribution in [0, 0.1) is 0 Å². The molecule has 4 heteroatoms. The third kappa shape index (κ3) is 2.49. The molecule has 1 aliphatic heterocycles. The first-order chi connectivity index (χ1) is 11.6. The van der Waals surface area contributed by atoms with Crippen molar-refractivity contribution in [1.82, 2.24) is 9.88 Å². The second-order valence-electron chi connectivity index (χ2n) is 6.52. The summed E-state index contributed by atoms with van der Waals surface area (Å²) in [6.07, 6.45) is 1.04. The molecule has 0 bridgehead atoms. The summed E-state index contributed by atoms with van der Waals surface area (Å²) in [5, 5.41) is 1.34. The van der Waals surface area contributed by atoms with Gasteiger partial charge in [-0.1, -0.05) is 30.3 Å². The van der Waals surface area contributed by atoms with Crippen LogP contribution in [0.3, 0.4) is 0 Å². The number of amides is 1. The fourth-order valence-electron chi connectivity index (χ4n) is 3.75. The third-order valence-electron chi connectivity index (χ3n) is 5.06. The molecule has 1 atom stereocenters. The smallest absolute Gasteiger partial charge is 0.248 e. The average Bonchev–Trinajstić information content (AvgIpc) is 2.97. The molecule has 1 amide bonds. The van der Waals surface area contributed by atoms with Crippen molar-refractivity contribution in [3.05, 3.63) is 70.9 Å². The zero-order valence-electron chi connectivity index (χ0n) is 13.8. The molecule has 1 unspecified atom stereocenters. The molecule has 2 aromatic carbocycles. The van der Waals surface area contributed by atoms with Gasteiger partial charge in [-0.15, -0.1) is 0 Å². The SMILES string of the molecule is CC1c2[nH]c3ccccc3c2CCN1Cc1cccc(C(N)=O)c1. The number of aromatic nitrogens is 1. The van der Waals surface area contributed by atoms with E-state index in [2.05, 4.69) is 47.1 Å². The van der Waals surface area contributed by atoms with E-state index in [1.54, 1.807) is 6.07 Å². The average molecular weight is 319 g/mol. The van der Waals surface area contributed by atoms with Crippen LogP contribution < -0.4 is 5.73 Å². The van der Waals surface area contributed by atoms with Crippen LogP contribution in [0.25, 0.3) is 10.9 Å². The molecule has 1 aliphatic rings. The molecule has 0 aliphatic carbocycles. The molecule has 0 saturated heterocycles. The molecule has 0 saturated carbocycles. The molecule has 24 heavy (non-hydrogen) atoms. The van der Waals surface area contributed by atoms with Crippen LogP contribution >= 0.6 is 0 Å². The Morgan fingerprint density at radius 3 is 2.92 bits per heavy atom. The van der Waals surface area contributed by atoms with E-state index in [1.807, 2.05) is 12.1 Å². The first-order valence-corrected chi connectivity index (χ1v) is 8.36. The fraction of sp³-hybridized carbons (Fsp3) is 0.250. The highest BCUT2D eigenvalue weighted by molar-refractivity contribution is 5.92. The maximum absolute atomic E-state index is 11.4. The quantitative estimate of drug-likeness (QED) is 0.777. The summed E-state index contributed by atoms with van der Waals surface area (Å²) in [7, 11) is 0. The zero-order chi connectivity index (χ0) is 16.7. The van der Waals surface area contributed by atoms with Gasteiger partial charge in [-0.2, -0.15) is 0 Å². The monoisotopic (exact) mass is 319 g/mol. The van der Waals surface area contributed by atoms with Gasteiger partial charge in [-0.05, 0) is 42.7 Å². The van der Waals surface area contributed by atoms with E-state index in [0.717, 1.165) is 25.1 Å². The van der Waals surface area contributed by atoms with Crippen LogP contribution in [0.1, 0.15) is 40.1 Å². The van der Waals surface area contributed by atoms with Crippen molar-refractivity contribution in [2.24, 2.45) is 5.73 Å². The Morgan fingerprint density at radius 2 is 2.08 bits per heavy atom. The lowest BCUT2D eigenvalue weighted by Crippen LogP contribution is -2.33. The number of nitrogens with one attached hydrogen (secondary N) is 1. The number of fused-ring (bicyclic) bond motifs is 3. The van der Waals surface area contributed by atoms with Gasteiger partial charge in [0.25, 0.3) is 0 Å². The van der Waals surface area contributed by atoms with E-state index in [-0.39, 0.29) is 5.91 Å². The predicted molar refractivity (Wildman–Crippen MR) is 95.8 cm³/mol. The summed E-state index contributed by atoms with van der Waals surface area (Å²) in [4.78, 5) is 17.4. The van der Waals surface area contributed by atoms with E-state index >= 15 is 0 Å².